The molecule has 0 saturated carbocycles. The second-order valence-corrected chi connectivity index (χ2v) is 2.62. The van der Waals surface area contributed by atoms with Gasteiger partial charge in [0.1, 0.15) is 0 Å². The molecule has 70 valence electrons. The van der Waals surface area contributed by atoms with Crippen molar-refractivity contribution >= 4 is 29.2 Å². The van der Waals surface area contributed by atoms with Gasteiger partial charge in [0.05, 0.1) is 0 Å². The van der Waals surface area contributed by atoms with Crippen molar-refractivity contribution in [1.82, 2.24) is 12.3 Å². The summed E-state index contributed by atoms with van der Waals surface area (Å²) in [5.41, 5.74) is 6.18. The van der Waals surface area contributed by atoms with E-state index in [9.17, 15) is 0 Å². The molecule has 0 atom stereocenters. The Hall–Kier alpha value is 1.02. The minimum absolute atomic E-state index is 0. The van der Waals surface area contributed by atoms with Crippen molar-refractivity contribution in [2.45, 2.75) is 0 Å². The Morgan fingerprint density at radius 1 is 0.923 bits per heavy atom. The zero-order chi connectivity index (χ0) is 7.82. The van der Waals surface area contributed by atoms with E-state index in [0.717, 1.165) is 0 Å². The molecule has 0 aromatic heterocycles. The molecule has 0 heterocycles. The van der Waals surface area contributed by atoms with Crippen LogP contribution in [0.3, 0.4) is 0 Å². The molecule has 0 aliphatic heterocycles. The zero-order valence-corrected chi connectivity index (χ0v) is 12.6. The first-order valence-electron chi connectivity index (χ1n) is 2.68. The average Bonchev–Trinajstić information content (AvgIpc) is 1.90. The van der Waals surface area contributed by atoms with Gasteiger partial charge in [-0.2, -0.15) is 12.6 Å². The van der Waals surface area contributed by atoms with Crippen molar-refractivity contribution in [3.05, 3.63) is 42.1 Å². The predicted molar refractivity (Wildman–Crippen MR) is 62.4 cm³/mol. The summed E-state index contributed by atoms with van der Waals surface area (Å²) >= 11 is 7.43. The van der Waals surface area contributed by atoms with Gasteiger partial charge in [-0.1, -0.05) is 48.6 Å². The Bertz CT molecular complexity index is 154. The molecule has 0 unspecified atom stereocenters. The van der Waals surface area contributed by atoms with Crippen molar-refractivity contribution in [3.63, 3.8) is 0 Å². The number of hydrogen-bond donors (Lipinski definition) is 3. The number of benzene rings is 1. The van der Waals surface area contributed by atoms with Gasteiger partial charge in [0.15, 0.2) is 0 Å². The molecule has 0 spiro atoms. The minimum Gasteiger partial charge on any atom is -0.684 e. The van der Waals surface area contributed by atoms with Crippen molar-refractivity contribution in [1.29, 1.82) is 0 Å². The first-order valence-corrected chi connectivity index (χ1v) is 3.53. The van der Waals surface area contributed by atoms with E-state index in [0.29, 0.717) is 0 Å². The van der Waals surface area contributed by atoms with Crippen molar-refractivity contribution in [2.75, 3.05) is 0 Å². The third kappa shape index (κ3) is 32.1. The molecule has 0 amide bonds. The molecule has 3 nitrogen and oxygen atoms in total. The van der Waals surface area contributed by atoms with Crippen LogP contribution in [0.15, 0.2) is 36.4 Å². The van der Waals surface area contributed by atoms with Crippen LogP contribution in [0.25, 0.3) is 5.73 Å². The van der Waals surface area contributed by atoms with Crippen LogP contribution < -0.4 is 63.7 Å². The fourth-order valence-corrected chi connectivity index (χ4v) is 0.385. The molecule has 0 bridgehead atoms. The number of hydrogen-bond acceptors (Lipinski definition) is 3. The number of rotatable bonds is 0. The van der Waals surface area contributed by atoms with Gasteiger partial charge in [-0.05, 0) is 4.32 Å². The average molecular weight is 243 g/mol. The molecule has 1 aromatic rings. The fourth-order valence-electron chi connectivity index (χ4n) is 0.385. The molecule has 0 aliphatic carbocycles. The van der Waals surface area contributed by atoms with Crippen LogP contribution in [0.5, 0.6) is 0 Å². The van der Waals surface area contributed by atoms with E-state index < -0.39 is 0 Å². The van der Waals surface area contributed by atoms with Gasteiger partial charge in [-0.15, -0.1) is 0 Å². The van der Waals surface area contributed by atoms with E-state index in [1.54, 1.807) is 0 Å². The van der Waals surface area contributed by atoms with Gasteiger partial charge in [0.25, 0.3) is 0 Å². The third-order valence-corrected chi connectivity index (χ3v) is 0.667. The van der Waals surface area contributed by atoms with E-state index in [-0.39, 0.29) is 68.0 Å². The number of thiocarbonyl (C=S) groups is 1. The molecule has 0 saturated heterocycles. The van der Waals surface area contributed by atoms with Crippen LogP contribution in [0.4, 0.5) is 0 Å². The largest absolute Gasteiger partial charge is 1.00 e. The molecule has 1 rings (SSSR count). The van der Waals surface area contributed by atoms with Crippen LogP contribution in [0.2, 0.25) is 0 Å². The fraction of sp³-hybridized carbons (Fsp3) is 0. The third-order valence-electron chi connectivity index (χ3n) is 0.667. The summed E-state index contributed by atoms with van der Waals surface area (Å²) in [6.45, 7) is 0. The Kier molecular flexibility index (Phi) is 34.1. The normalized spacial score (nSPS) is 5.62. The van der Waals surface area contributed by atoms with Crippen LogP contribution in [-0.4, -0.2) is 4.32 Å². The Morgan fingerprint density at radius 2 is 1.00 bits per heavy atom. The molecule has 1 aromatic carbocycles. The van der Waals surface area contributed by atoms with Crippen LogP contribution in [-0.2, 0) is 0 Å². The van der Waals surface area contributed by atoms with Gasteiger partial charge < -0.3 is 18.0 Å². The summed E-state index contributed by atoms with van der Waals surface area (Å²) in [4.78, 5) is 0. The molecular formula is C7H14KN3S2. The molecule has 0 radical (unpaired) electrons. The topological polar surface area (TPSA) is 93.8 Å². The van der Waals surface area contributed by atoms with Gasteiger partial charge in [0, 0.05) is 0 Å². The van der Waals surface area contributed by atoms with E-state index >= 15 is 0 Å². The Labute approximate surface area is 133 Å². The van der Waals surface area contributed by atoms with Crippen molar-refractivity contribution in [3.8, 4) is 0 Å². The first kappa shape index (κ1) is 23.7. The Balaban J connectivity index is -0.0000000536. The maximum atomic E-state index is 6.18. The molecule has 0 aliphatic rings. The predicted octanol–water partition coefficient (Wildman–Crippen LogP) is 0.268. The monoisotopic (exact) mass is 243 g/mol. The maximum absolute atomic E-state index is 6.18. The Morgan fingerprint density at radius 3 is 1.08 bits per heavy atom. The van der Waals surface area contributed by atoms with Crippen LogP contribution >= 0.6 is 24.8 Å². The van der Waals surface area contributed by atoms with E-state index in [4.69, 9.17) is 5.73 Å². The molecule has 7 N–H and O–H groups in total. The van der Waals surface area contributed by atoms with E-state index in [1.165, 1.54) is 0 Å². The van der Waals surface area contributed by atoms with Crippen molar-refractivity contribution < 1.29 is 51.4 Å². The summed E-state index contributed by atoms with van der Waals surface area (Å²) in [5, 5.41) is 0. The molecule has 13 heavy (non-hydrogen) atoms. The maximum Gasteiger partial charge on any atom is 1.00 e. The van der Waals surface area contributed by atoms with E-state index in [2.05, 4.69) is 24.8 Å². The number of nitrogens with one attached hydrogen (secondary N) is 1. The van der Waals surface area contributed by atoms with Gasteiger partial charge in [-0.3, -0.25) is 0 Å². The summed E-state index contributed by atoms with van der Waals surface area (Å²) < 4.78 is -0.0556. The zero-order valence-electron chi connectivity index (χ0n) is 7.73. The molecule has 6 heteroatoms. The SMILES string of the molecule is N.N.[K+].[NH-]C(=S)S.c1ccccc1. The molecule has 0 fully saturated rings. The van der Waals surface area contributed by atoms with Gasteiger partial charge in [0.2, 0.25) is 0 Å². The summed E-state index contributed by atoms with van der Waals surface area (Å²) in [6, 6.07) is 12.0. The first-order chi connectivity index (χ1) is 4.73. The van der Waals surface area contributed by atoms with Crippen molar-refractivity contribution in [2.24, 2.45) is 0 Å². The minimum atomic E-state index is -0.0556. The van der Waals surface area contributed by atoms with Crippen LogP contribution in [0, 0.1) is 0 Å². The molecular weight excluding hydrogens is 229 g/mol. The smallest absolute Gasteiger partial charge is 0.684 e. The standard InChI is InChI=1S/C6H6.CH3NS2.K.2H3N/c1-2-4-6-5-3-1;2-1(3)4;;;/h1-6H;(H3,2,3,4);;2*1H3/q;;+1;;/p-1. The summed E-state index contributed by atoms with van der Waals surface area (Å²) in [6.07, 6.45) is 0. The van der Waals surface area contributed by atoms with Gasteiger partial charge >= 0.3 is 51.4 Å². The number of thiol groups is 1. The van der Waals surface area contributed by atoms with Crippen LogP contribution in [0.1, 0.15) is 0 Å². The second-order valence-electron chi connectivity index (χ2n) is 1.46. The quantitative estimate of drug-likeness (QED) is 0.347. The van der Waals surface area contributed by atoms with E-state index in [1.807, 2.05) is 36.4 Å². The second kappa shape index (κ2) is 18.7. The summed E-state index contributed by atoms with van der Waals surface area (Å²) in [7, 11) is 0. The summed E-state index contributed by atoms with van der Waals surface area (Å²) in [5.74, 6) is 0. The van der Waals surface area contributed by atoms with Gasteiger partial charge in [-0.25, -0.2) is 0 Å².